The van der Waals surface area contributed by atoms with Crippen LogP contribution >= 0.6 is 0 Å². The topological polar surface area (TPSA) is 67.2 Å². The molecule has 2 N–H and O–H groups in total. The van der Waals surface area contributed by atoms with Crippen LogP contribution in [0.4, 0.5) is 5.95 Å². The van der Waals surface area contributed by atoms with Gasteiger partial charge in [-0.15, -0.1) is 0 Å². The predicted molar refractivity (Wildman–Crippen MR) is 94.3 cm³/mol. The third-order valence-corrected chi connectivity index (χ3v) is 5.58. The van der Waals surface area contributed by atoms with Gasteiger partial charge in [-0.3, -0.25) is 9.36 Å². The van der Waals surface area contributed by atoms with Gasteiger partial charge in [-0.2, -0.15) is 0 Å². The molecule has 0 bridgehead atoms. The van der Waals surface area contributed by atoms with Gasteiger partial charge in [0.2, 0.25) is 5.95 Å². The third kappa shape index (κ3) is 2.18. The lowest BCUT2D eigenvalue weighted by atomic mass is 9.68. The molecule has 5 heteroatoms. The second-order valence-electron chi connectivity index (χ2n) is 6.99. The van der Waals surface area contributed by atoms with E-state index in [1.165, 1.54) is 18.4 Å². The molecule has 0 aliphatic heterocycles. The molecule has 2 aliphatic rings. The van der Waals surface area contributed by atoms with E-state index in [1.807, 2.05) is 6.07 Å². The molecule has 1 aromatic carbocycles. The van der Waals surface area contributed by atoms with Crippen molar-refractivity contribution in [1.29, 1.82) is 0 Å². The Kier molecular flexibility index (Phi) is 3.68. The Morgan fingerprint density at radius 3 is 2.79 bits per heavy atom. The number of aliphatic hydroxyl groups excluding tert-OH is 1. The van der Waals surface area contributed by atoms with Crippen LogP contribution in [0.15, 0.2) is 29.1 Å². The number of fused-ring (bicyclic) bond motifs is 4. The number of benzene rings is 1. The minimum absolute atomic E-state index is 0.00742. The zero-order valence-electron chi connectivity index (χ0n) is 14.0. The van der Waals surface area contributed by atoms with E-state index in [-0.39, 0.29) is 17.6 Å². The zero-order valence-corrected chi connectivity index (χ0v) is 14.0. The van der Waals surface area contributed by atoms with Crippen LogP contribution in [0.5, 0.6) is 0 Å². The largest absolute Gasteiger partial charge is 0.395 e. The van der Waals surface area contributed by atoms with Crippen LogP contribution < -0.4 is 10.9 Å². The Morgan fingerprint density at radius 1 is 1.29 bits per heavy atom. The summed E-state index contributed by atoms with van der Waals surface area (Å²) in [5.41, 5.74) is 4.10. The summed E-state index contributed by atoms with van der Waals surface area (Å²) >= 11 is 0. The molecule has 1 fully saturated rings. The van der Waals surface area contributed by atoms with E-state index >= 15 is 0 Å². The molecule has 2 aromatic rings. The number of aliphatic hydroxyl groups is 1. The molecule has 1 spiro atoms. The fraction of sp³-hybridized carbons (Fsp3) is 0.474. The fourth-order valence-electron chi connectivity index (χ4n) is 4.44. The van der Waals surface area contributed by atoms with Crippen molar-refractivity contribution in [3.8, 4) is 11.3 Å². The highest BCUT2D eigenvalue weighted by Crippen LogP contribution is 2.49. The van der Waals surface area contributed by atoms with Gasteiger partial charge in [0.25, 0.3) is 5.56 Å². The Balaban J connectivity index is 1.98. The Bertz CT molecular complexity index is 835. The molecule has 0 radical (unpaired) electrons. The average Bonchev–Trinajstić information content (AvgIpc) is 3.05. The monoisotopic (exact) mass is 325 g/mol. The first kappa shape index (κ1) is 15.4. The maximum atomic E-state index is 13.2. The van der Waals surface area contributed by atoms with Crippen LogP contribution in [0.1, 0.15) is 36.8 Å². The normalized spacial score (nSPS) is 17.6. The van der Waals surface area contributed by atoms with E-state index in [4.69, 9.17) is 10.1 Å². The van der Waals surface area contributed by atoms with Gasteiger partial charge in [-0.25, -0.2) is 4.98 Å². The predicted octanol–water partition coefficient (Wildman–Crippen LogP) is 2.22. The molecule has 0 saturated heterocycles. The number of rotatable bonds is 3. The van der Waals surface area contributed by atoms with E-state index in [1.54, 1.807) is 11.6 Å². The average molecular weight is 325 g/mol. The Hall–Kier alpha value is -2.14. The van der Waals surface area contributed by atoms with Gasteiger partial charge in [0.1, 0.15) is 0 Å². The Morgan fingerprint density at radius 2 is 2.04 bits per heavy atom. The van der Waals surface area contributed by atoms with E-state index in [9.17, 15) is 4.79 Å². The molecule has 0 atom stereocenters. The summed E-state index contributed by atoms with van der Waals surface area (Å²) in [6, 6.07) is 8.31. The second-order valence-corrected chi connectivity index (χ2v) is 6.99. The molecule has 126 valence electrons. The number of hydrogen-bond donors (Lipinski definition) is 2. The van der Waals surface area contributed by atoms with Crippen LogP contribution in [0.25, 0.3) is 11.3 Å². The van der Waals surface area contributed by atoms with Gasteiger partial charge in [0.05, 0.1) is 17.9 Å². The molecular formula is C19H23N3O2. The van der Waals surface area contributed by atoms with Crippen molar-refractivity contribution in [2.45, 2.75) is 37.5 Å². The summed E-state index contributed by atoms with van der Waals surface area (Å²) in [5, 5.41) is 12.1. The van der Waals surface area contributed by atoms with Crippen molar-refractivity contribution in [2.75, 3.05) is 18.5 Å². The van der Waals surface area contributed by atoms with Crippen LogP contribution in [-0.4, -0.2) is 27.8 Å². The molecule has 4 rings (SSSR count). The van der Waals surface area contributed by atoms with Crippen molar-refractivity contribution >= 4 is 5.95 Å². The van der Waals surface area contributed by atoms with Gasteiger partial charge < -0.3 is 10.4 Å². The number of hydrogen-bond acceptors (Lipinski definition) is 4. The molecule has 2 aliphatic carbocycles. The lowest BCUT2D eigenvalue weighted by Gasteiger charge is -2.36. The first-order valence-corrected chi connectivity index (χ1v) is 8.71. The maximum absolute atomic E-state index is 13.2. The first-order chi connectivity index (χ1) is 11.7. The van der Waals surface area contributed by atoms with E-state index in [0.29, 0.717) is 12.5 Å². The summed E-state index contributed by atoms with van der Waals surface area (Å²) in [7, 11) is 1.76. The van der Waals surface area contributed by atoms with Crippen molar-refractivity contribution < 1.29 is 5.11 Å². The second kappa shape index (κ2) is 5.74. The smallest absolute Gasteiger partial charge is 0.259 e. The molecule has 1 aromatic heterocycles. The highest BCUT2D eigenvalue weighted by atomic mass is 16.3. The first-order valence-electron chi connectivity index (χ1n) is 8.71. The van der Waals surface area contributed by atoms with Crippen LogP contribution in [0, 0.1) is 0 Å². The minimum atomic E-state index is -0.0545. The van der Waals surface area contributed by atoms with E-state index < -0.39 is 0 Å². The summed E-state index contributed by atoms with van der Waals surface area (Å²) in [6.45, 7) is 0.388. The molecule has 0 unspecified atom stereocenters. The van der Waals surface area contributed by atoms with Crippen LogP contribution in [-0.2, 0) is 18.9 Å². The van der Waals surface area contributed by atoms with Crippen molar-refractivity contribution in [2.24, 2.45) is 7.05 Å². The summed E-state index contributed by atoms with van der Waals surface area (Å²) < 4.78 is 1.60. The lowest BCUT2D eigenvalue weighted by molar-refractivity contribution is 0.310. The number of nitrogens with one attached hydrogen (secondary N) is 1. The quantitative estimate of drug-likeness (QED) is 0.908. The zero-order chi connectivity index (χ0) is 16.7. The Labute approximate surface area is 141 Å². The van der Waals surface area contributed by atoms with E-state index in [2.05, 4.69) is 23.5 Å². The summed E-state index contributed by atoms with van der Waals surface area (Å²) in [6.07, 6.45) is 5.42. The standard InChI is InChI=1S/C19H23N3O2/c1-22-17(24)15-16(21-18(22)20-10-11-23)14-7-3-2-6-13(14)12-19(15)8-4-5-9-19/h2-3,6-7,23H,4-5,8-12H2,1H3,(H,20,21). The number of anilines is 1. The molecule has 0 amide bonds. The third-order valence-electron chi connectivity index (χ3n) is 5.58. The highest BCUT2D eigenvalue weighted by molar-refractivity contribution is 5.72. The van der Waals surface area contributed by atoms with Crippen molar-refractivity contribution in [3.63, 3.8) is 0 Å². The summed E-state index contributed by atoms with van der Waals surface area (Å²) in [4.78, 5) is 18.0. The van der Waals surface area contributed by atoms with Gasteiger partial charge >= 0.3 is 0 Å². The fourth-order valence-corrected chi connectivity index (χ4v) is 4.44. The molecule has 1 saturated carbocycles. The summed E-state index contributed by atoms with van der Waals surface area (Å²) in [5.74, 6) is 0.526. The van der Waals surface area contributed by atoms with Crippen LogP contribution in [0.2, 0.25) is 0 Å². The molecule has 1 heterocycles. The van der Waals surface area contributed by atoms with Gasteiger partial charge in [-0.05, 0) is 24.8 Å². The van der Waals surface area contributed by atoms with E-state index in [0.717, 1.165) is 36.1 Å². The highest BCUT2D eigenvalue weighted by Gasteiger charge is 2.44. The molecule has 5 nitrogen and oxygen atoms in total. The van der Waals surface area contributed by atoms with Crippen LogP contribution in [0.3, 0.4) is 0 Å². The van der Waals surface area contributed by atoms with Gasteiger partial charge in [0, 0.05) is 24.6 Å². The lowest BCUT2D eigenvalue weighted by Crippen LogP contribution is -2.40. The van der Waals surface area contributed by atoms with Crippen molar-refractivity contribution in [3.05, 3.63) is 45.7 Å². The maximum Gasteiger partial charge on any atom is 0.259 e. The minimum Gasteiger partial charge on any atom is -0.395 e. The molecular weight excluding hydrogens is 302 g/mol. The van der Waals surface area contributed by atoms with Crippen molar-refractivity contribution in [1.82, 2.24) is 9.55 Å². The molecule has 24 heavy (non-hydrogen) atoms. The van der Waals surface area contributed by atoms with Gasteiger partial charge in [0.15, 0.2) is 0 Å². The SMILES string of the molecule is Cn1c(NCCO)nc2c(c1=O)C1(CCCC1)Cc1ccccc1-2. The number of aromatic nitrogens is 2. The van der Waals surface area contributed by atoms with Gasteiger partial charge in [-0.1, -0.05) is 37.1 Å². The number of nitrogens with zero attached hydrogens (tertiary/aromatic N) is 2.